The first kappa shape index (κ1) is 10.4. The molecule has 0 N–H and O–H groups in total. The molecule has 0 spiro atoms. The fraction of sp³-hybridized carbons (Fsp3) is 0.444. The van der Waals surface area contributed by atoms with Crippen LogP contribution in [0, 0.1) is 0 Å². The Bertz CT molecular complexity index is 328. The molecule has 2 unspecified atom stereocenters. The predicted octanol–water partition coefficient (Wildman–Crippen LogP) is 3.22. The van der Waals surface area contributed by atoms with Gasteiger partial charge in [0.25, 0.3) is 0 Å². The summed E-state index contributed by atoms with van der Waals surface area (Å²) < 4.78 is 12.4. The second-order valence-corrected chi connectivity index (χ2v) is 4.72. The van der Waals surface area contributed by atoms with Crippen molar-refractivity contribution < 1.29 is 13.9 Å². The first-order valence-electron chi connectivity index (χ1n) is 4.26. The Hall–Kier alpha value is -0.130. The summed E-state index contributed by atoms with van der Waals surface area (Å²) in [4.78, 5) is 10.5. The van der Waals surface area contributed by atoms with Crippen LogP contribution >= 0.6 is 31.9 Å². The van der Waals surface area contributed by atoms with Gasteiger partial charge in [-0.3, -0.25) is 0 Å². The minimum Gasteiger partial charge on any atom is -0.450 e. The molecule has 0 aliphatic carbocycles. The van der Waals surface area contributed by atoms with E-state index >= 15 is 0 Å². The maximum Gasteiger partial charge on any atom is 0.183 e. The van der Waals surface area contributed by atoms with Gasteiger partial charge in [0.15, 0.2) is 4.67 Å². The summed E-state index contributed by atoms with van der Waals surface area (Å²) in [7, 11) is 0. The summed E-state index contributed by atoms with van der Waals surface area (Å²) >= 11 is 6.59. The number of hydrogen-bond acceptors (Lipinski definition) is 3. The molecule has 0 bridgehead atoms. The average molecular weight is 324 g/mol. The average Bonchev–Trinajstić information content (AvgIpc) is 2.74. The Morgan fingerprint density at radius 3 is 2.71 bits per heavy atom. The minimum absolute atomic E-state index is 0.0900. The molecule has 3 nitrogen and oxygen atoms in total. The number of ether oxygens (including phenoxy) is 1. The van der Waals surface area contributed by atoms with Gasteiger partial charge < -0.3 is 13.9 Å². The summed E-state index contributed by atoms with van der Waals surface area (Å²) in [5.74, 6) is 0.758. The number of halogens is 2. The summed E-state index contributed by atoms with van der Waals surface area (Å²) in [5, 5.41) is 0. The van der Waals surface area contributed by atoms with Gasteiger partial charge >= 0.3 is 0 Å². The summed E-state index contributed by atoms with van der Waals surface area (Å²) in [6.45, 7) is 0. The van der Waals surface area contributed by atoms with Crippen LogP contribution in [-0.2, 0) is 9.53 Å². The lowest BCUT2D eigenvalue weighted by atomic mass is 10.2. The first-order valence-corrected chi connectivity index (χ1v) is 5.85. The van der Waals surface area contributed by atoms with Crippen LogP contribution in [0.25, 0.3) is 0 Å². The van der Waals surface area contributed by atoms with E-state index in [-0.39, 0.29) is 12.2 Å². The van der Waals surface area contributed by atoms with Crippen molar-refractivity contribution in [2.45, 2.75) is 25.0 Å². The largest absolute Gasteiger partial charge is 0.450 e. The SMILES string of the molecule is O=CC1CCC(c2cc(Br)c(Br)o2)O1. The van der Waals surface area contributed by atoms with Crippen molar-refractivity contribution in [1.82, 2.24) is 0 Å². The van der Waals surface area contributed by atoms with E-state index in [2.05, 4.69) is 31.9 Å². The molecule has 1 saturated heterocycles. The zero-order chi connectivity index (χ0) is 10.1. The van der Waals surface area contributed by atoms with Gasteiger partial charge in [-0.05, 0) is 50.8 Å². The van der Waals surface area contributed by atoms with E-state index in [9.17, 15) is 4.79 Å². The molecule has 2 rings (SSSR count). The monoisotopic (exact) mass is 322 g/mol. The summed E-state index contributed by atoms with van der Waals surface area (Å²) in [6, 6.07) is 1.86. The van der Waals surface area contributed by atoms with Gasteiger partial charge in [0.2, 0.25) is 0 Å². The lowest BCUT2D eigenvalue weighted by molar-refractivity contribution is -0.117. The van der Waals surface area contributed by atoms with Gasteiger partial charge in [0, 0.05) is 0 Å². The van der Waals surface area contributed by atoms with Crippen molar-refractivity contribution in [3.05, 3.63) is 21.0 Å². The standard InChI is InChI=1S/C9H8Br2O3/c10-6-3-8(14-9(6)11)7-2-1-5(4-12)13-7/h3-5,7H,1-2H2. The van der Waals surface area contributed by atoms with E-state index in [1.165, 1.54) is 0 Å². The van der Waals surface area contributed by atoms with Gasteiger partial charge in [-0.2, -0.15) is 0 Å². The highest BCUT2D eigenvalue weighted by molar-refractivity contribution is 9.13. The number of furan rings is 1. The van der Waals surface area contributed by atoms with Gasteiger partial charge in [-0.25, -0.2) is 0 Å². The molecule has 76 valence electrons. The zero-order valence-corrected chi connectivity index (χ0v) is 10.4. The van der Waals surface area contributed by atoms with Gasteiger partial charge in [-0.15, -0.1) is 0 Å². The molecule has 1 aromatic rings. The van der Waals surface area contributed by atoms with Crippen LogP contribution in [0.1, 0.15) is 24.7 Å². The molecule has 1 aromatic heterocycles. The van der Waals surface area contributed by atoms with E-state index in [0.717, 1.165) is 29.4 Å². The highest BCUT2D eigenvalue weighted by Crippen LogP contribution is 2.37. The molecule has 14 heavy (non-hydrogen) atoms. The normalized spacial score (nSPS) is 26.7. The molecule has 5 heteroatoms. The van der Waals surface area contributed by atoms with E-state index in [1.54, 1.807) is 0 Å². The molecule has 0 radical (unpaired) electrons. The van der Waals surface area contributed by atoms with Crippen molar-refractivity contribution in [3.8, 4) is 0 Å². The quantitative estimate of drug-likeness (QED) is 0.784. The van der Waals surface area contributed by atoms with Gasteiger partial charge in [0.05, 0.1) is 4.47 Å². The second-order valence-electron chi connectivity index (χ2n) is 3.15. The van der Waals surface area contributed by atoms with Crippen LogP contribution in [-0.4, -0.2) is 12.4 Å². The van der Waals surface area contributed by atoms with Crippen molar-refractivity contribution in [1.29, 1.82) is 0 Å². The third-order valence-electron chi connectivity index (χ3n) is 2.19. The Morgan fingerprint density at radius 2 is 2.21 bits per heavy atom. The fourth-order valence-corrected chi connectivity index (χ4v) is 2.10. The third-order valence-corrected chi connectivity index (χ3v) is 3.90. The molecule has 1 aliphatic heterocycles. The number of rotatable bonds is 2. The van der Waals surface area contributed by atoms with Crippen LogP contribution in [0.3, 0.4) is 0 Å². The van der Waals surface area contributed by atoms with E-state index in [0.29, 0.717) is 4.67 Å². The Morgan fingerprint density at radius 1 is 1.43 bits per heavy atom. The number of aldehydes is 1. The Labute approximate surface area is 98.1 Å². The zero-order valence-electron chi connectivity index (χ0n) is 7.20. The van der Waals surface area contributed by atoms with Crippen LogP contribution in [0.15, 0.2) is 19.6 Å². The first-order chi connectivity index (χ1) is 6.70. The highest BCUT2D eigenvalue weighted by atomic mass is 79.9. The molecule has 0 saturated carbocycles. The molecule has 2 heterocycles. The van der Waals surface area contributed by atoms with Crippen molar-refractivity contribution in [2.75, 3.05) is 0 Å². The molecule has 0 amide bonds. The molecule has 1 fully saturated rings. The van der Waals surface area contributed by atoms with Crippen molar-refractivity contribution in [2.24, 2.45) is 0 Å². The van der Waals surface area contributed by atoms with Gasteiger partial charge in [-0.1, -0.05) is 0 Å². The van der Waals surface area contributed by atoms with Crippen LogP contribution in [0.2, 0.25) is 0 Å². The van der Waals surface area contributed by atoms with Crippen molar-refractivity contribution >= 4 is 38.1 Å². The Kier molecular flexibility index (Phi) is 3.09. The molecule has 1 aliphatic rings. The van der Waals surface area contributed by atoms with E-state index in [4.69, 9.17) is 9.15 Å². The summed E-state index contributed by atoms with van der Waals surface area (Å²) in [5.41, 5.74) is 0. The topological polar surface area (TPSA) is 39.4 Å². The lowest BCUT2D eigenvalue weighted by Gasteiger charge is -2.06. The Balaban J connectivity index is 2.13. The smallest absolute Gasteiger partial charge is 0.183 e. The number of carbonyl (C=O) groups is 1. The molecule has 2 atom stereocenters. The third kappa shape index (κ3) is 1.94. The lowest BCUT2D eigenvalue weighted by Crippen LogP contribution is -2.06. The van der Waals surface area contributed by atoms with Crippen LogP contribution in [0.4, 0.5) is 0 Å². The number of hydrogen-bond donors (Lipinski definition) is 0. The fourth-order valence-electron chi connectivity index (χ4n) is 1.49. The predicted molar refractivity (Wildman–Crippen MR) is 57.0 cm³/mol. The minimum atomic E-state index is -0.275. The second kappa shape index (κ2) is 4.16. The highest BCUT2D eigenvalue weighted by Gasteiger charge is 2.28. The van der Waals surface area contributed by atoms with Crippen LogP contribution in [0.5, 0.6) is 0 Å². The maximum atomic E-state index is 10.5. The summed E-state index contributed by atoms with van der Waals surface area (Å²) in [6.07, 6.45) is 2.07. The van der Waals surface area contributed by atoms with E-state index in [1.807, 2.05) is 6.07 Å². The number of carbonyl (C=O) groups excluding carboxylic acids is 1. The molecule has 0 aromatic carbocycles. The van der Waals surface area contributed by atoms with Gasteiger partial charge in [0.1, 0.15) is 24.3 Å². The van der Waals surface area contributed by atoms with Crippen molar-refractivity contribution in [3.63, 3.8) is 0 Å². The molecular weight excluding hydrogens is 316 g/mol. The maximum absolute atomic E-state index is 10.5. The molecular formula is C9H8Br2O3. The van der Waals surface area contributed by atoms with Crippen LogP contribution < -0.4 is 0 Å². The van der Waals surface area contributed by atoms with E-state index < -0.39 is 0 Å².